The molecule has 0 unspecified atom stereocenters. The van der Waals surface area contributed by atoms with E-state index in [-0.39, 0.29) is 31.6 Å². The second-order valence-corrected chi connectivity index (χ2v) is 8.92. The van der Waals surface area contributed by atoms with E-state index >= 15 is 0 Å². The first-order valence-corrected chi connectivity index (χ1v) is 11.5. The number of rotatable bonds is 9. The molecule has 1 aliphatic carbocycles. The summed E-state index contributed by atoms with van der Waals surface area (Å²) in [7, 11) is 0. The number of halogens is 2. The van der Waals surface area contributed by atoms with Gasteiger partial charge in [-0.3, -0.25) is 9.79 Å². The zero-order valence-electron chi connectivity index (χ0n) is 19.5. The quantitative estimate of drug-likeness (QED) is 0.474. The molecular formula is C26H24F2N4O4. The number of nitrogens with one attached hydrogen (secondary N) is 1. The predicted molar refractivity (Wildman–Crippen MR) is 129 cm³/mol. The number of dihydropyridines is 1. The molecule has 1 aromatic carbocycles. The van der Waals surface area contributed by atoms with Gasteiger partial charge in [-0.2, -0.15) is 0 Å². The molecule has 1 N–H and O–H groups in total. The van der Waals surface area contributed by atoms with Gasteiger partial charge < -0.3 is 19.2 Å². The number of aliphatic imine (C=N–C) groups is 1. The average molecular weight is 494 g/mol. The van der Waals surface area contributed by atoms with Gasteiger partial charge in [0.1, 0.15) is 17.9 Å². The average Bonchev–Trinajstić information content (AvgIpc) is 3.27. The zero-order valence-corrected chi connectivity index (χ0v) is 19.5. The highest BCUT2D eigenvalue weighted by atomic mass is 19.3. The van der Waals surface area contributed by atoms with Crippen LogP contribution in [0.5, 0.6) is 11.6 Å². The molecule has 1 fully saturated rings. The van der Waals surface area contributed by atoms with Crippen LogP contribution in [0.25, 0.3) is 22.6 Å². The third kappa shape index (κ3) is 5.42. The Labute approximate surface area is 205 Å². The van der Waals surface area contributed by atoms with Crippen LogP contribution >= 0.6 is 0 Å². The number of nitrogens with zero attached hydrogens (tertiary/aromatic N) is 3. The van der Waals surface area contributed by atoms with Gasteiger partial charge in [-0.15, -0.1) is 0 Å². The van der Waals surface area contributed by atoms with Crippen molar-refractivity contribution >= 4 is 23.2 Å². The lowest BCUT2D eigenvalue weighted by atomic mass is 10.1. The molecule has 5 rings (SSSR count). The smallest absolute Gasteiger partial charge is 0.255 e. The molecule has 186 valence electrons. The van der Waals surface area contributed by atoms with E-state index in [2.05, 4.69) is 26.9 Å². The minimum atomic E-state index is -2.60. The topological polar surface area (TPSA) is 98.8 Å². The molecule has 10 heteroatoms. The van der Waals surface area contributed by atoms with Gasteiger partial charge in [0.25, 0.3) is 11.8 Å². The Kier molecular flexibility index (Phi) is 6.26. The molecule has 1 saturated carbocycles. The number of ether oxygens (including phenoxy) is 2. The summed E-state index contributed by atoms with van der Waals surface area (Å²) in [5.41, 5.74) is 2.98. The Morgan fingerprint density at radius 2 is 2.08 bits per heavy atom. The summed E-state index contributed by atoms with van der Waals surface area (Å²) in [5, 5.41) is 2.85. The number of fused-ring (bicyclic) bond motifs is 1. The van der Waals surface area contributed by atoms with Crippen molar-refractivity contribution in [3.8, 4) is 23.1 Å². The van der Waals surface area contributed by atoms with Crippen LogP contribution in [0, 0.1) is 5.92 Å². The second-order valence-electron chi connectivity index (χ2n) is 8.92. The molecular weight excluding hydrogens is 470 g/mol. The van der Waals surface area contributed by atoms with Gasteiger partial charge in [-0.25, -0.2) is 18.7 Å². The van der Waals surface area contributed by atoms with Gasteiger partial charge in [-0.05, 0) is 42.8 Å². The lowest BCUT2D eigenvalue weighted by Gasteiger charge is -2.15. The molecule has 1 amide bonds. The van der Waals surface area contributed by atoms with E-state index in [0.717, 1.165) is 5.57 Å². The summed E-state index contributed by atoms with van der Waals surface area (Å²) in [6.45, 7) is 6.34. The van der Waals surface area contributed by atoms with Crippen molar-refractivity contribution in [3.05, 3.63) is 60.3 Å². The largest absolute Gasteiger partial charge is 0.493 e. The fraction of sp³-hybridized carbons (Fsp3) is 0.308. The van der Waals surface area contributed by atoms with Gasteiger partial charge in [0.05, 0.1) is 36.9 Å². The number of aromatic nitrogens is 2. The summed E-state index contributed by atoms with van der Waals surface area (Å²) >= 11 is 0. The fourth-order valence-corrected chi connectivity index (χ4v) is 3.60. The number of hydrogen-bond donors (Lipinski definition) is 1. The van der Waals surface area contributed by atoms with Crippen LogP contribution in [0.1, 0.15) is 13.3 Å². The SMILES string of the molecule is C=C1C=C(C(=O)N[C@@H](C)COc2cc3oc(-c4ccc(OC[C@H]5CC5(F)F)cc4)nc3cn2)C=NC1. The first-order chi connectivity index (χ1) is 17.3. The summed E-state index contributed by atoms with van der Waals surface area (Å²) < 4.78 is 43.0. The molecule has 36 heavy (non-hydrogen) atoms. The molecule has 0 spiro atoms. The minimum absolute atomic E-state index is 0.00610. The van der Waals surface area contributed by atoms with E-state index in [4.69, 9.17) is 13.9 Å². The first kappa shape index (κ1) is 23.7. The fourth-order valence-electron chi connectivity index (χ4n) is 3.60. The van der Waals surface area contributed by atoms with Gasteiger partial charge in [0.15, 0.2) is 5.58 Å². The van der Waals surface area contributed by atoms with Gasteiger partial charge >= 0.3 is 0 Å². The van der Waals surface area contributed by atoms with E-state index in [1.807, 2.05) is 6.92 Å². The molecule has 3 heterocycles. The zero-order chi connectivity index (χ0) is 25.3. The minimum Gasteiger partial charge on any atom is -0.493 e. The molecule has 0 bridgehead atoms. The van der Waals surface area contributed by atoms with Gasteiger partial charge in [0, 0.05) is 24.3 Å². The third-order valence-electron chi connectivity index (χ3n) is 5.76. The molecule has 2 atom stereocenters. The van der Waals surface area contributed by atoms with Crippen molar-refractivity contribution in [2.24, 2.45) is 10.9 Å². The number of carbonyl (C=O) groups excluding carboxylic acids is 1. The maximum atomic E-state index is 13.0. The number of hydrogen-bond acceptors (Lipinski definition) is 7. The van der Waals surface area contributed by atoms with E-state index < -0.39 is 11.8 Å². The van der Waals surface area contributed by atoms with Crippen LogP contribution in [-0.2, 0) is 4.79 Å². The molecule has 2 aliphatic rings. The summed E-state index contributed by atoms with van der Waals surface area (Å²) in [5.74, 6) is -2.33. The Morgan fingerprint density at radius 1 is 1.31 bits per heavy atom. The van der Waals surface area contributed by atoms with Crippen molar-refractivity contribution in [2.75, 3.05) is 19.8 Å². The highest BCUT2D eigenvalue weighted by Crippen LogP contribution is 2.48. The summed E-state index contributed by atoms with van der Waals surface area (Å²) in [6.07, 6.45) is 4.67. The summed E-state index contributed by atoms with van der Waals surface area (Å²) in [6, 6.07) is 8.24. The molecule has 0 saturated heterocycles. The highest BCUT2D eigenvalue weighted by Gasteiger charge is 2.57. The van der Waals surface area contributed by atoms with Crippen LogP contribution in [-0.4, -0.2) is 53.8 Å². The van der Waals surface area contributed by atoms with Crippen LogP contribution in [0.15, 0.2) is 69.7 Å². The standard InChI is InChI=1S/C26H24F2N4O4/c1-15-7-18(11-29-10-15)24(33)31-16(2)13-35-23-8-22-21(12-30-23)32-25(36-22)17-3-5-20(6-4-17)34-14-19-9-26(19,27)28/h3-8,11-12,16,19H,1,9-10,13-14H2,2H3,(H,31,33)/t16-,19+/m0/s1. The lowest BCUT2D eigenvalue weighted by molar-refractivity contribution is -0.117. The Hall–Kier alpha value is -4.08. The number of amides is 1. The van der Waals surface area contributed by atoms with E-state index in [1.165, 1.54) is 6.21 Å². The molecule has 8 nitrogen and oxygen atoms in total. The van der Waals surface area contributed by atoms with E-state index in [1.54, 1.807) is 42.6 Å². The monoisotopic (exact) mass is 494 g/mol. The van der Waals surface area contributed by atoms with Crippen LogP contribution in [0.3, 0.4) is 0 Å². The van der Waals surface area contributed by atoms with Crippen molar-refractivity contribution in [1.29, 1.82) is 0 Å². The maximum absolute atomic E-state index is 13.0. The molecule has 1 aliphatic heterocycles. The first-order valence-electron chi connectivity index (χ1n) is 11.5. The predicted octanol–water partition coefficient (Wildman–Crippen LogP) is 4.37. The number of benzene rings is 1. The number of carbonyl (C=O) groups is 1. The number of alkyl halides is 2. The maximum Gasteiger partial charge on any atom is 0.255 e. The number of oxazole rings is 1. The van der Waals surface area contributed by atoms with Gasteiger partial charge in [-0.1, -0.05) is 6.58 Å². The van der Waals surface area contributed by atoms with Crippen LogP contribution < -0.4 is 14.8 Å². The molecule has 3 aromatic rings. The highest BCUT2D eigenvalue weighted by molar-refractivity contribution is 6.13. The number of pyridine rings is 1. The van der Waals surface area contributed by atoms with Gasteiger partial charge in [0.2, 0.25) is 11.8 Å². The Bertz CT molecular complexity index is 1360. The summed E-state index contributed by atoms with van der Waals surface area (Å²) in [4.78, 5) is 25.1. The van der Waals surface area contributed by atoms with Crippen molar-refractivity contribution < 1.29 is 27.5 Å². The lowest BCUT2D eigenvalue weighted by Crippen LogP contribution is -2.38. The van der Waals surface area contributed by atoms with Crippen LogP contribution in [0.2, 0.25) is 0 Å². The molecule has 2 aromatic heterocycles. The van der Waals surface area contributed by atoms with Crippen molar-refractivity contribution in [1.82, 2.24) is 15.3 Å². The van der Waals surface area contributed by atoms with Crippen LogP contribution in [0.4, 0.5) is 8.78 Å². The third-order valence-corrected chi connectivity index (χ3v) is 5.76. The van der Waals surface area contributed by atoms with E-state index in [0.29, 0.717) is 46.3 Å². The Balaban J connectivity index is 1.17. The van der Waals surface area contributed by atoms with Crippen molar-refractivity contribution in [3.63, 3.8) is 0 Å². The van der Waals surface area contributed by atoms with Crippen molar-refractivity contribution in [2.45, 2.75) is 25.3 Å². The normalized spacial score (nSPS) is 19.0. The van der Waals surface area contributed by atoms with E-state index in [9.17, 15) is 13.6 Å². The second kappa shape index (κ2) is 9.52. The Morgan fingerprint density at radius 3 is 2.81 bits per heavy atom. The molecule has 0 radical (unpaired) electrons.